The number of hydrogen-bond donors (Lipinski definition) is 2. The lowest BCUT2D eigenvalue weighted by Crippen LogP contribution is -3.14. The lowest BCUT2D eigenvalue weighted by molar-refractivity contribution is -0.932. The van der Waals surface area contributed by atoms with Gasteiger partial charge in [0.05, 0.1) is 13.2 Å². The molecule has 2 N–H and O–H groups in total. The van der Waals surface area contributed by atoms with E-state index in [-0.39, 0.29) is 11.9 Å². The summed E-state index contributed by atoms with van der Waals surface area (Å²) >= 11 is 1.52. The second-order valence-electron chi connectivity index (χ2n) is 6.26. The predicted octanol–water partition coefficient (Wildman–Crippen LogP) is 1.12. The standard InChI is InChI=1S/C17H20N4O2S/c1-11-4-3-5-13(10-11)14(20-6-8-23-9-7-20)15-16(22)21-17(24-15)18-12(2)19-21/h3-5,10,14,22H,6-9H2,1-2H3/p+1/t14-/m1/s1. The zero-order valence-electron chi connectivity index (χ0n) is 13.8. The molecule has 7 heteroatoms. The van der Waals surface area contributed by atoms with Crippen molar-refractivity contribution in [1.29, 1.82) is 0 Å². The van der Waals surface area contributed by atoms with Crippen molar-refractivity contribution in [3.63, 3.8) is 0 Å². The first-order chi connectivity index (χ1) is 11.6. The van der Waals surface area contributed by atoms with E-state index in [0.29, 0.717) is 5.82 Å². The van der Waals surface area contributed by atoms with Gasteiger partial charge in [0.1, 0.15) is 23.8 Å². The number of fused-ring (bicyclic) bond motifs is 1. The molecule has 0 unspecified atom stereocenters. The number of thiazole rings is 1. The van der Waals surface area contributed by atoms with Crippen LogP contribution in [0.25, 0.3) is 4.96 Å². The molecule has 1 aromatic carbocycles. The number of ether oxygens (including phenoxy) is 1. The Morgan fingerprint density at radius 2 is 2.08 bits per heavy atom. The average Bonchev–Trinajstić information content (AvgIpc) is 3.07. The van der Waals surface area contributed by atoms with Gasteiger partial charge in [-0.15, -0.1) is 5.10 Å². The van der Waals surface area contributed by atoms with E-state index in [9.17, 15) is 5.11 Å². The van der Waals surface area contributed by atoms with E-state index >= 15 is 0 Å². The van der Waals surface area contributed by atoms with Crippen molar-refractivity contribution in [1.82, 2.24) is 14.6 Å². The van der Waals surface area contributed by atoms with Crippen LogP contribution in [0.5, 0.6) is 5.88 Å². The van der Waals surface area contributed by atoms with Gasteiger partial charge in [-0.05, 0) is 19.9 Å². The first-order valence-corrected chi connectivity index (χ1v) is 8.99. The van der Waals surface area contributed by atoms with Gasteiger partial charge in [-0.2, -0.15) is 4.52 Å². The van der Waals surface area contributed by atoms with Crippen molar-refractivity contribution in [3.05, 3.63) is 46.1 Å². The third-order valence-corrected chi connectivity index (χ3v) is 5.57. The first kappa shape index (κ1) is 15.6. The average molecular weight is 345 g/mol. The van der Waals surface area contributed by atoms with E-state index in [0.717, 1.165) is 36.1 Å². The van der Waals surface area contributed by atoms with E-state index in [1.807, 2.05) is 6.92 Å². The minimum atomic E-state index is 0.0719. The summed E-state index contributed by atoms with van der Waals surface area (Å²) in [5.74, 6) is 0.884. The van der Waals surface area contributed by atoms with Gasteiger partial charge in [-0.1, -0.05) is 35.1 Å². The number of aromatic hydroxyl groups is 1. The van der Waals surface area contributed by atoms with Crippen molar-refractivity contribution >= 4 is 16.3 Å². The van der Waals surface area contributed by atoms with Crippen LogP contribution in [0.4, 0.5) is 0 Å². The maximum Gasteiger partial charge on any atom is 0.235 e. The zero-order chi connectivity index (χ0) is 16.7. The van der Waals surface area contributed by atoms with Crippen LogP contribution >= 0.6 is 11.3 Å². The highest BCUT2D eigenvalue weighted by molar-refractivity contribution is 7.17. The van der Waals surface area contributed by atoms with Gasteiger partial charge in [0, 0.05) is 5.56 Å². The van der Waals surface area contributed by atoms with Crippen molar-refractivity contribution in [2.45, 2.75) is 19.9 Å². The summed E-state index contributed by atoms with van der Waals surface area (Å²) in [5.41, 5.74) is 2.43. The van der Waals surface area contributed by atoms with Crippen LogP contribution in [0.2, 0.25) is 0 Å². The molecule has 0 bridgehead atoms. The summed E-state index contributed by atoms with van der Waals surface area (Å²) in [4.78, 5) is 7.48. The van der Waals surface area contributed by atoms with Gasteiger partial charge in [-0.25, -0.2) is 4.98 Å². The Labute approximate surface area is 144 Å². The number of quaternary nitrogens is 1. The highest BCUT2D eigenvalue weighted by Crippen LogP contribution is 2.35. The minimum absolute atomic E-state index is 0.0719. The van der Waals surface area contributed by atoms with Crippen molar-refractivity contribution in [2.24, 2.45) is 0 Å². The van der Waals surface area contributed by atoms with Crippen LogP contribution in [0.15, 0.2) is 24.3 Å². The zero-order valence-corrected chi connectivity index (χ0v) is 14.6. The van der Waals surface area contributed by atoms with Crippen LogP contribution in [0, 0.1) is 13.8 Å². The summed E-state index contributed by atoms with van der Waals surface area (Å²) in [5, 5.41) is 15.1. The summed E-state index contributed by atoms with van der Waals surface area (Å²) in [6.45, 7) is 7.28. The van der Waals surface area contributed by atoms with E-state index in [4.69, 9.17) is 4.74 Å². The lowest BCUT2D eigenvalue weighted by atomic mass is 10.0. The van der Waals surface area contributed by atoms with Gasteiger partial charge >= 0.3 is 0 Å². The fourth-order valence-electron chi connectivity index (χ4n) is 3.38. The van der Waals surface area contributed by atoms with Crippen LogP contribution in [-0.4, -0.2) is 46.0 Å². The Morgan fingerprint density at radius 3 is 2.79 bits per heavy atom. The van der Waals surface area contributed by atoms with Crippen LogP contribution in [-0.2, 0) is 4.74 Å². The Bertz CT molecular complexity index is 867. The molecule has 126 valence electrons. The predicted molar refractivity (Wildman–Crippen MR) is 91.8 cm³/mol. The normalized spacial score (nSPS) is 17.4. The molecular formula is C17H21N4O2S+. The monoisotopic (exact) mass is 345 g/mol. The second kappa shape index (κ2) is 6.16. The van der Waals surface area contributed by atoms with E-state index < -0.39 is 0 Å². The highest BCUT2D eigenvalue weighted by atomic mass is 32.1. The molecule has 6 nitrogen and oxygen atoms in total. The molecule has 1 aliphatic rings. The number of aromatic nitrogens is 3. The van der Waals surface area contributed by atoms with Crippen LogP contribution in [0.1, 0.15) is 27.9 Å². The quantitative estimate of drug-likeness (QED) is 0.747. The molecule has 1 saturated heterocycles. The summed E-state index contributed by atoms with van der Waals surface area (Å²) in [7, 11) is 0. The molecule has 1 aliphatic heterocycles. The van der Waals surface area contributed by atoms with Gasteiger partial charge in [0.25, 0.3) is 0 Å². The van der Waals surface area contributed by atoms with Crippen molar-refractivity contribution in [2.75, 3.05) is 26.3 Å². The molecule has 0 aliphatic carbocycles. The minimum Gasteiger partial charge on any atom is -0.492 e. The highest BCUT2D eigenvalue weighted by Gasteiger charge is 2.33. The third kappa shape index (κ3) is 2.68. The summed E-state index contributed by atoms with van der Waals surface area (Å²) in [6.07, 6.45) is 0. The van der Waals surface area contributed by atoms with Gasteiger partial charge < -0.3 is 14.7 Å². The van der Waals surface area contributed by atoms with Gasteiger partial charge in [0.2, 0.25) is 10.8 Å². The van der Waals surface area contributed by atoms with E-state index in [1.165, 1.54) is 27.4 Å². The molecule has 3 aromatic rings. The molecule has 3 heterocycles. The number of morpholine rings is 1. The number of nitrogens with one attached hydrogen (secondary N) is 1. The largest absolute Gasteiger partial charge is 0.492 e. The Balaban J connectivity index is 1.84. The molecule has 0 amide bonds. The third-order valence-electron chi connectivity index (χ3n) is 4.49. The Kier molecular flexibility index (Phi) is 3.99. The molecule has 0 spiro atoms. The number of aryl methyl sites for hydroxylation is 2. The Morgan fingerprint density at radius 1 is 1.29 bits per heavy atom. The molecule has 4 rings (SSSR count). The first-order valence-electron chi connectivity index (χ1n) is 8.17. The smallest absolute Gasteiger partial charge is 0.235 e. The van der Waals surface area contributed by atoms with Crippen LogP contribution < -0.4 is 4.90 Å². The molecule has 24 heavy (non-hydrogen) atoms. The Hall–Kier alpha value is -1.96. The van der Waals surface area contributed by atoms with E-state index in [2.05, 4.69) is 41.3 Å². The topological polar surface area (TPSA) is 64.1 Å². The maximum absolute atomic E-state index is 10.8. The van der Waals surface area contributed by atoms with Crippen molar-refractivity contribution in [3.8, 4) is 5.88 Å². The summed E-state index contributed by atoms with van der Waals surface area (Å²) in [6, 6.07) is 8.59. The molecule has 1 fully saturated rings. The maximum atomic E-state index is 10.8. The molecular weight excluding hydrogens is 324 g/mol. The summed E-state index contributed by atoms with van der Waals surface area (Å²) < 4.78 is 7.08. The van der Waals surface area contributed by atoms with Crippen molar-refractivity contribution < 1.29 is 14.7 Å². The molecule has 0 saturated carbocycles. The number of benzene rings is 1. The number of hydrogen-bond acceptors (Lipinski definition) is 5. The second-order valence-corrected chi connectivity index (χ2v) is 7.27. The fourth-order valence-corrected chi connectivity index (χ4v) is 4.57. The fraction of sp³-hybridized carbons (Fsp3) is 0.412. The van der Waals surface area contributed by atoms with Crippen LogP contribution in [0.3, 0.4) is 0 Å². The number of rotatable bonds is 3. The molecule has 0 radical (unpaired) electrons. The lowest BCUT2D eigenvalue weighted by Gasteiger charge is -2.31. The molecule has 1 atom stereocenters. The SMILES string of the molecule is Cc1cccc([C@H](c2sc3nc(C)nn3c2O)[NH+]2CCOCC2)c1. The van der Waals surface area contributed by atoms with E-state index in [1.54, 1.807) is 4.52 Å². The van der Waals surface area contributed by atoms with Gasteiger partial charge in [0.15, 0.2) is 6.04 Å². The van der Waals surface area contributed by atoms with Gasteiger partial charge in [-0.3, -0.25) is 0 Å². The molecule has 2 aromatic heterocycles. The number of nitrogens with zero attached hydrogens (tertiary/aromatic N) is 3.